The molecule has 3 atom stereocenters. The number of hydrazine groups is 1. The molecule has 1 amide bonds. The minimum atomic E-state index is -0.0190. The molecule has 1 aliphatic heterocycles. The van der Waals surface area contributed by atoms with E-state index in [-0.39, 0.29) is 17.9 Å². The second kappa shape index (κ2) is 6.10. The molecule has 0 spiro atoms. The first-order chi connectivity index (χ1) is 11.3. The van der Waals surface area contributed by atoms with Crippen molar-refractivity contribution in [1.82, 2.24) is 25.6 Å². The Kier molecular flexibility index (Phi) is 3.80. The van der Waals surface area contributed by atoms with Gasteiger partial charge in [-0.1, -0.05) is 6.42 Å². The molecule has 1 aliphatic carbocycles. The first kappa shape index (κ1) is 14.3. The standard InChI is InChI=1S/C16H20N6O/c23-16(12-5-1-4-11-10-18-21-14(11)12)20-13-6-2-7-17-15(13)22-9-3-8-19-22/h2-3,6-9,11-12,14,18,21H,1,4-5,10H2,(H,20,23). The van der Waals surface area contributed by atoms with E-state index >= 15 is 0 Å². The number of amides is 1. The summed E-state index contributed by atoms with van der Waals surface area (Å²) < 4.78 is 1.66. The average Bonchev–Trinajstić information content (AvgIpc) is 3.26. The second-order valence-electron chi connectivity index (χ2n) is 6.16. The van der Waals surface area contributed by atoms with E-state index in [2.05, 4.69) is 26.3 Å². The van der Waals surface area contributed by atoms with Crippen LogP contribution in [0.4, 0.5) is 5.69 Å². The van der Waals surface area contributed by atoms with Crippen LogP contribution in [0.2, 0.25) is 0 Å². The number of hydrogen-bond donors (Lipinski definition) is 3. The number of carbonyl (C=O) groups excluding carboxylic acids is 1. The summed E-state index contributed by atoms with van der Waals surface area (Å²) in [6.07, 6.45) is 8.41. The number of fused-ring (bicyclic) bond motifs is 1. The maximum atomic E-state index is 12.8. The van der Waals surface area contributed by atoms with Crippen LogP contribution in [0, 0.1) is 11.8 Å². The summed E-state index contributed by atoms with van der Waals surface area (Å²) in [4.78, 5) is 17.1. The fourth-order valence-corrected chi connectivity index (χ4v) is 3.63. The topological polar surface area (TPSA) is 83.9 Å². The maximum Gasteiger partial charge on any atom is 0.229 e. The van der Waals surface area contributed by atoms with Crippen molar-refractivity contribution in [2.24, 2.45) is 11.8 Å². The molecular formula is C16H20N6O. The van der Waals surface area contributed by atoms with Crippen LogP contribution in [0.5, 0.6) is 0 Å². The van der Waals surface area contributed by atoms with E-state index in [4.69, 9.17) is 0 Å². The Bertz CT molecular complexity index is 686. The number of aromatic nitrogens is 3. The van der Waals surface area contributed by atoms with E-state index in [1.54, 1.807) is 17.1 Å². The van der Waals surface area contributed by atoms with Crippen LogP contribution in [0.1, 0.15) is 19.3 Å². The predicted molar refractivity (Wildman–Crippen MR) is 85.7 cm³/mol. The number of carbonyl (C=O) groups is 1. The van der Waals surface area contributed by atoms with Gasteiger partial charge in [-0.25, -0.2) is 9.67 Å². The van der Waals surface area contributed by atoms with E-state index in [1.807, 2.05) is 24.4 Å². The summed E-state index contributed by atoms with van der Waals surface area (Å²) in [6, 6.07) is 5.73. The monoisotopic (exact) mass is 312 g/mol. The molecule has 2 aromatic rings. The number of nitrogens with zero attached hydrogens (tertiary/aromatic N) is 3. The lowest BCUT2D eigenvalue weighted by molar-refractivity contribution is -0.121. The van der Waals surface area contributed by atoms with E-state index in [0.29, 0.717) is 17.4 Å². The van der Waals surface area contributed by atoms with Gasteiger partial charge in [-0.2, -0.15) is 5.10 Å². The average molecular weight is 312 g/mol. The summed E-state index contributed by atoms with van der Waals surface area (Å²) in [5.74, 6) is 1.21. The molecular weight excluding hydrogens is 292 g/mol. The summed E-state index contributed by atoms with van der Waals surface area (Å²) in [5.41, 5.74) is 7.15. The largest absolute Gasteiger partial charge is 0.323 e. The van der Waals surface area contributed by atoms with Crippen molar-refractivity contribution in [3.63, 3.8) is 0 Å². The molecule has 0 radical (unpaired) electrons. The van der Waals surface area contributed by atoms with Gasteiger partial charge in [-0.05, 0) is 37.0 Å². The Morgan fingerprint density at radius 1 is 1.30 bits per heavy atom. The van der Waals surface area contributed by atoms with Gasteiger partial charge in [0, 0.05) is 31.2 Å². The number of rotatable bonds is 3. The third-order valence-corrected chi connectivity index (χ3v) is 4.77. The normalized spacial score (nSPS) is 26.7. The van der Waals surface area contributed by atoms with Gasteiger partial charge in [0.25, 0.3) is 0 Å². The quantitative estimate of drug-likeness (QED) is 0.790. The van der Waals surface area contributed by atoms with Crippen LogP contribution in [0.3, 0.4) is 0 Å². The molecule has 2 aliphatic rings. The lowest BCUT2D eigenvalue weighted by atomic mass is 9.77. The summed E-state index contributed by atoms with van der Waals surface area (Å²) in [5, 5.41) is 7.25. The SMILES string of the molecule is O=C(Nc1cccnc1-n1cccn1)C1CCCC2CNNC21. The third kappa shape index (κ3) is 2.73. The van der Waals surface area contributed by atoms with Crippen LogP contribution in [0.25, 0.3) is 5.82 Å². The first-order valence-corrected chi connectivity index (χ1v) is 8.07. The van der Waals surface area contributed by atoms with Crippen molar-refractivity contribution < 1.29 is 4.79 Å². The van der Waals surface area contributed by atoms with Crippen molar-refractivity contribution in [2.75, 3.05) is 11.9 Å². The number of anilines is 1. The minimum absolute atomic E-state index is 0.0190. The number of pyridine rings is 1. The lowest BCUT2D eigenvalue weighted by Gasteiger charge is -2.31. The molecule has 0 bridgehead atoms. The van der Waals surface area contributed by atoms with Crippen molar-refractivity contribution in [3.05, 3.63) is 36.8 Å². The first-order valence-electron chi connectivity index (χ1n) is 8.07. The molecule has 23 heavy (non-hydrogen) atoms. The Morgan fingerprint density at radius 2 is 2.26 bits per heavy atom. The highest BCUT2D eigenvalue weighted by molar-refractivity contribution is 5.94. The van der Waals surface area contributed by atoms with Crippen LogP contribution in [-0.4, -0.2) is 33.3 Å². The molecule has 3 N–H and O–H groups in total. The summed E-state index contributed by atoms with van der Waals surface area (Å²) in [6.45, 7) is 0.944. The molecule has 2 fully saturated rings. The fraction of sp³-hybridized carbons (Fsp3) is 0.438. The Balaban J connectivity index is 1.55. The highest BCUT2D eigenvalue weighted by Gasteiger charge is 2.40. The van der Waals surface area contributed by atoms with Gasteiger partial charge in [0.1, 0.15) is 0 Å². The van der Waals surface area contributed by atoms with Crippen molar-refractivity contribution in [3.8, 4) is 5.82 Å². The highest BCUT2D eigenvalue weighted by atomic mass is 16.2. The minimum Gasteiger partial charge on any atom is -0.323 e. The summed E-state index contributed by atoms with van der Waals surface area (Å²) in [7, 11) is 0. The molecule has 3 unspecified atom stereocenters. The lowest BCUT2D eigenvalue weighted by Crippen LogP contribution is -2.45. The predicted octanol–water partition coefficient (Wildman–Crippen LogP) is 1.10. The van der Waals surface area contributed by atoms with Crippen LogP contribution < -0.4 is 16.2 Å². The van der Waals surface area contributed by atoms with Gasteiger partial charge in [0.2, 0.25) is 5.91 Å². The van der Waals surface area contributed by atoms with Gasteiger partial charge < -0.3 is 5.32 Å². The Morgan fingerprint density at radius 3 is 3.13 bits per heavy atom. The van der Waals surface area contributed by atoms with Gasteiger partial charge in [0.15, 0.2) is 5.82 Å². The molecule has 3 heterocycles. The molecule has 7 heteroatoms. The zero-order valence-corrected chi connectivity index (χ0v) is 12.8. The van der Waals surface area contributed by atoms with E-state index in [9.17, 15) is 4.79 Å². The molecule has 0 aromatic carbocycles. The second-order valence-corrected chi connectivity index (χ2v) is 6.16. The molecule has 1 saturated carbocycles. The Hall–Kier alpha value is -2.25. The molecule has 1 saturated heterocycles. The van der Waals surface area contributed by atoms with E-state index < -0.39 is 0 Å². The third-order valence-electron chi connectivity index (χ3n) is 4.77. The number of nitrogens with one attached hydrogen (secondary N) is 3. The maximum absolute atomic E-state index is 12.8. The fourth-order valence-electron chi connectivity index (χ4n) is 3.63. The molecule has 4 rings (SSSR count). The highest BCUT2D eigenvalue weighted by Crippen LogP contribution is 2.32. The van der Waals surface area contributed by atoms with E-state index in [1.165, 1.54) is 6.42 Å². The Labute approximate surface area is 134 Å². The zero-order valence-electron chi connectivity index (χ0n) is 12.8. The van der Waals surface area contributed by atoms with Crippen molar-refractivity contribution in [1.29, 1.82) is 0 Å². The van der Waals surface area contributed by atoms with Gasteiger partial charge in [0.05, 0.1) is 11.6 Å². The molecule has 120 valence electrons. The molecule has 2 aromatic heterocycles. The van der Waals surface area contributed by atoms with Crippen molar-refractivity contribution in [2.45, 2.75) is 25.3 Å². The molecule has 7 nitrogen and oxygen atoms in total. The zero-order chi connectivity index (χ0) is 15.6. The van der Waals surface area contributed by atoms with Gasteiger partial charge in [-0.15, -0.1) is 0 Å². The van der Waals surface area contributed by atoms with Gasteiger partial charge in [-0.3, -0.25) is 15.6 Å². The van der Waals surface area contributed by atoms with Crippen LogP contribution >= 0.6 is 0 Å². The van der Waals surface area contributed by atoms with E-state index in [0.717, 1.165) is 19.4 Å². The van der Waals surface area contributed by atoms with Gasteiger partial charge >= 0.3 is 0 Å². The smallest absolute Gasteiger partial charge is 0.229 e. The number of hydrogen-bond acceptors (Lipinski definition) is 5. The van der Waals surface area contributed by atoms with Crippen molar-refractivity contribution >= 4 is 11.6 Å². The summed E-state index contributed by atoms with van der Waals surface area (Å²) >= 11 is 0. The van der Waals surface area contributed by atoms with Crippen LogP contribution in [0.15, 0.2) is 36.8 Å². The van der Waals surface area contributed by atoms with Crippen LogP contribution in [-0.2, 0) is 4.79 Å².